The van der Waals surface area contributed by atoms with E-state index in [0.29, 0.717) is 10.6 Å². The van der Waals surface area contributed by atoms with Crippen molar-refractivity contribution in [2.75, 3.05) is 11.1 Å². The molecule has 0 aliphatic carbocycles. The summed E-state index contributed by atoms with van der Waals surface area (Å²) in [6.45, 7) is 0. The molecule has 0 aliphatic heterocycles. The maximum atomic E-state index is 13.6. The summed E-state index contributed by atoms with van der Waals surface area (Å²) in [6, 6.07) is 13.0. The van der Waals surface area contributed by atoms with E-state index >= 15 is 0 Å². The average molecular weight is 458 g/mol. The maximum absolute atomic E-state index is 13.6. The predicted molar refractivity (Wildman–Crippen MR) is 115 cm³/mol. The molecule has 0 radical (unpaired) electrons. The molecule has 0 unspecified atom stereocenters. The van der Waals surface area contributed by atoms with E-state index in [0.717, 1.165) is 28.7 Å². The number of aromatic amines is 1. The van der Waals surface area contributed by atoms with Crippen LogP contribution in [0.25, 0.3) is 21.5 Å². The number of H-pyrrole nitrogens is 1. The summed E-state index contributed by atoms with van der Waals surface area (Å²) in [7, 11) is 0. The van der Waals surface area contributed by atoms with Gasteiger partial charge in [0.05, 0.1) is 27.5 Å². The second kappa shape index (κ2) is 8.45. The number of anilines is 1. The van der Waals surface area contributed by atoms with Gasteiger partial charge in [-0.2, -0.15) is 18.4 Å². The Morgan fingerprint density at radius 3 is 2.81 bits per heavy atom. The Kier molecular flexibility index (Phi) is 5.71. The summed E-state index contributed by atoms with van der Waals surface area (Å²) >= 11 is 2.04. The first-order valence-electron chi connectivity index (χ1n) is 8.91. The predicted octanol–water partition coefficient (Wildman–Crippen LogP) is 5.91. The summed E-state index contributed by atoms with van der Waals surface area (Å²) in [5.41, 5.74) is -0.136. The zero-order valence-corrected chi connectivity index (χ0v) is 17.3. The standard InChI is InChI=1S/C21H13F3N4OS2/c22-21(23,24)15-9-17(18-2-1-7-30-18)28-20(14(15)10-25)31-11-19(29)27-13-4-3-12-5-6-26-16(12)8-13/h1-9,26H,11H2,(H,27,29). The van der Waals surface area contributed by atoms with Crippen molar-refractivity contribution in [1.29, 1.82) is 5.26 Å². The first-order chi connectivity index (χ1) is 14.8. The molecule has 31 heavy (non-hydrogen) atoms. The molecule has 10 heteroatoms. The van der Waals surface area contributed by atoms with Gasteiger partial charge in [-0.3, -0.25) is 4.79 Å². The monoisotopic (exact) mass is 458 g/mol. The molecule has 2 N–H and O–H groups in total. The molecular weight excluding hydrogens is 445 g/mol. The number of carbonyl (C=O) groups excluding carboxylic acids is 1. The molecule has 156 valence electrons. The van der Waals surface area contributed by atoms with Gasteiger partial charge in [-0.05, 0) is 41.1 Å². The fourth-order valence-corrected chi connectivity index (χ4v) is 4.45. The number of carbonyl (C=O) groups is 1. The molecule has 3 aromatic heterocycles. The second-order valence-electron chi connectivity index (χ2n) is 6.44. The maximum Gasteiger partial charge on any atom is 0.417 e. The van der Waals surface area contributed by atoms with Crippen LogP contribution in [0.3, 0.4) is 0 Å². The number of thioether (sulfide) groups is 1. The molecule has 4 rings (SSSR count). The van der Waals surface area contributed by atoms with Crippen LogP contribution in [0.4, 0.5) is 18.9 Å². The third-order valence-electron chi connectivity index (χ3n) is 4.36. The number of nitrogens with zero attached hydrogens (tertiary/aromatic N) is 2. The first kappa shape index (κ1) is 21.0. The summed E-state index contributed by atoms with van der Waals surface area (Å²) in [5, 5.41) is 14.7. The minimum absolute atomic E-state index is 0.112. The molecule has 1 aromatic carbocycles. The molecule has 0 saturated heterocycles. The second-order valence-corrected chi connectivity index (χ2v) is 8.35. The number of pyridine rings is 1. The Balaban J connectivity index is 1.58. The number of fused-ring (bicyclic) bond motifs is 1. The van der Waals surface area contributed by atoms with Crippen molar-refractivity contribution in [2.24, 2.45) is 0 Å². The van der Waals surface area contributed by atoms with Crippen molar-refractivity contribution in [2.45, 2.75) is 11.2 Å². The minimum atomic E-state index is -4.72. The van der Waals surface area contributed by atoms with Gasteiger partial charge in [-0.15, -0.1) is 11.3 Å². The van der Waals surface area contributed by atoms with E-state index in [-0.39, 0.29) is 16.5 Å². The summed E-state index contributed by atoms with van der Waals surface area (Å²) in [4.78, 5) is 20.2. The zero-order valence-electron chi connectivity index (χ0n) is 15.7. The number of aromatic nitrogens is 2. The van der Waals surface area contributed by atoms with Crippen molar-refractivity contribution < 1.29 is 18.0 Å². The topological polar surface area (TPSA) is 81.6 Å². The fourth-order valence-electron chi connectivity index (χ4n) is 2.96. The van der Waals surface area contributed by atoms with E-state index in [1.54, 1.807) is 41.9 Å². The van der Waals surface area contributed by atoms with E-state index < -0.39 is 23.2 Å². The number of alkyl halides is 3. The third kappa shape index (κ3) is 4.57. The highest BCUT2D eigenvalue weighted by Gasteiger charge is 2.36. The van der Waals surface area contributed by atoms with Gasteiger partial charge >= 0.3 is 6.18 Å². The number of nitrogens with one attached hydrogen (secondary N) is 2. The van der Waals surface area contributed by atoms with Crippen LogP contribution in [0.2, 0.25) is 0 Å². The van der Waals surface area contributed by atoms with Crippen LogP contribution in [0.15, 0.2) is 59.1 Å². The molecule has 5 nitrogen and oxygen atoms in total. The van der Waals surface area contributed by atoms with Crippen LogP contribution in [0, 0.1) is 11.3 Å². The first-order valence-corrected chi connectivity index (χ1v) is 10.8. The van der Waals surface area contributed by atoms with Crippen LogP contribution in [0.5, 0.6) is 0 Å². The molecule has 3 heterocycles. The van der Waals surface area contributed by atoms with E-state index in [2.05, 4.69) is 15.3 Å². The van der Waals surface area contributed by atoms with Gasteiger partial charge in [0.15, 0.2) is 0 Å². The van der Waals surface area contributed by atoms with Gasteiger partial charge in [0.1, 0.15) is 11.1 Å². The van der Waals surface area contributed by atoms with Gasteiger partial charge in [0.2, 0.25) is 5.91 Å². The van der Waals surface area contributed by atoms with Crippen LogP contribution in [0.1, 0.15) is 11.1 Å². The van der Waals surface area contributed by atoms with Crippen molar-refractivity contribution in [3.63, 3.8) is 0 Å². The van der Waals surface area contributed by atoms with Crippen molar-refractivity contribution in [3.8, 4) is 16.6 Å². The summed E-state index contributed by atoms with van der Waals surface area (Å²) < 4.78 is 40.7. The van der Waals surface area contributed by atoms with Gasteiger partial charge < -0.3 is 10.3 Å². The molecular formula is C21H13F3N4OS2. The number of rotatable bonds is 5. The number of nitriles is 1. The lowest BCUT2D eigenvalue weighted by Crippen LogP contribution is -2.15. The van der Waals surface area contributed by atoms with Crippen LogP contribution >= 0.6 is 23.1 Å². The molecule has 0 atom stereocenters. The van der Waals surface area contributed by atoms with E-state index in [4.69, 9.17) is 0 Å². The Labute approximate surface area is 182 Å². The molecule has 0 aliphatic rings. The molecule has 0 spiro atoms. The quantitative estimate of drug-likeness (QED) is 0.364. The number of hydrogen-bond donors (Lipinski definition) is 2. The highest BCUT2D eigenvalue weighted by Crippen LogP contribution is 2.38. The zero-order chi connectivity index (χ0) is 22.0. The highest BCUT2D eigenvalue weighted by atomic mass is 32.2. The SMILES string of the molecule is N#Cc1c(C(F)(F)F)cc(-c2cccs2)nc1SCC(=O)Nc1ccc2cc[nH]c2c1. The van der Waals surface area contributed by atoms with Crippen LogP contribution < -0.4 is 5.32 Å². The number of thiophene rings is 1. The number of halogens is 3. The molecule has 4 aromatic rings. The molecule has 1 amide bonds. The summed E-state index contributed by atoms with van der Waals surface area (Å²) in [5.74, 6) is -0.619. The molecule has 0 fully saturated rings. The van der Waals surface area contributed by atoms with Gasteiger partial charge in [-0.1, -0.05) is 23.9 Å². The van der Waals surface area contributed by atoms with Crippen molar-refractivity contribution >= 4 is 45.6 Å². The van der Waals surface area contributed by atoms with Crippen molar-refractivity contribution in [1.82, 2.24) is 9.97 Å². The van der Waals surface area contributed by atoms with Crippen molar-refractivity contribution in [3.05, 3.63) is 65.2 Å². The smallest absolute Gasteiger partial charge is 0.361 e. The highest BCUT2D eigenvalue weighted by molar-refractivity contribution is 8.00. The van der Waals surface area contributed by atoms with Gasteiger partial charge in [0, 0.05) is 17.4 Å². The summed E-state index contributed by atoms with van der Waals surface area (Å²) in [6.07, 6.45) is -2.94. The lowest BCUT2D eigenvalue weighted by molar-refractivity contribution is -0.138. The van der Waals surface area contributed by atoms with E-state index in [1.165, 1.54) is 11.3 Å². The normalized spacial score (nSPS) is 11.4. The van der Waals surface area contributed by atoms with E-state index in [1.807, 2.05) is 12.1 Å². The molecule has 0 saturated carbocycles. The third-order valence-corrected chi connectivity index (χ3v) is 6.22. The Hall–Kier alpha value is -3.29. The Bertz CT molecular complexity index is 1290. The molecule has 0 bridgehead atoms. The number of benzene rings is 1. The number of amides is 1. The lowest BCUT2D eigenvalue weighted by Gasteiger charge is -2.13. The fraction of sp³-hybridized carbons (Fsp3) is 0.0952. The van der Waals surface area contributed by atoms with Gasteiger partial charge in [0.25, 0.3) is 0 Å². The average Bonchev–Trinajstić information content (AvgIpc) is 3.42. The largest absolute Gasteiger partial charge is 0.417 e. The van der Waals surface area contributed by atoms with E-state index in [9.17, 15) is 23.2 Å². The lowest BCUT2D eigenvalue weighted by atomic mass is 10.1. The number of hydrogen-bond acceptors (Lipinski definition) is 5. The van der Waals surface area contributed by atoms with Gasteiger partial charge in [-0.25, -0.2) is 4.98 Å². The van der Waals surface area contributed by atoms with Crippen LogP contribution in [-0.2, 0) is 11.0 Å². The minimum Gasteiger partial charge on any atom is -0.361 e. The van der Waals surface area contributed by atoms with Crippen LogP contribution in [-0.4, -0.2) is 21.6 Å². The Morgan fingerprint density at radius 2 is 2.10 bits per heavy atom. The Morgan fingerprint density at radius 1 is 1.26 bits per heavy atom.